The van der Waals surface area contributed by atoms with Crippen LogP contribution >= 0.6 is 23.8 Å². The minimum Gasteiger partial charge on any atom is -0.497 e. The predicted molar refractivity (Wildman–Crippen MR) is 135 cm³/mol. The Bertz CT molecular complexity index is 1310. The summed E-state index contributed by atoms with van der Waals surface area (Å²) in [4.78, 5) is 6.65. The Morgan fingerprint density at radius 3 is 2.70 bits per heavy atom. The van der Waals surface area contributed by atoms with Crippen molar-refractivity contribution in [3.05, 3.63) is 101 Å². The maximum absolute atomic E-state index is 6.44. The predicted octanol–water partition coefficient (Wildman–Crippen LogP) is 6.49. The highest BCUT2D eigenvalue weighted by Crippen LogP contribution is 2.43. The molecule has 2 atom stereocenters. The fraction of sp³-hybridized carbons (Fsp3) is 0.154. The number of hydrogen-bond acceptors (Lipinski definition) is 4. The van der Waals surface area contributed by atoms with Gasteiger partial charge in [0.25, 0.3) is 0 Å². The maximum atomic E-state index is 6.44. The molecule has 1 fully saturated rings. The Hall–Kier alpha value is -3.35. The first kappa shape index (κ1) is 21.5. The highest BCUT2D eigenvalue weighted by molar-refractivity contribution is 7.80. The van der Waals surface area contributed by atoms with Crippen LogP contribution in [-0.4, -0.2) is 17.2 Å². The van der Waals surface area contributed by atoms with Crippen molar-refractivity contribution < 1.29 is 9.15 Å². The number of furan rings is 1. The van der Waals surface area contributed by atoms with E-state index in [1.165, 1.54) is 0 Å². The molecule has 2 aromatic heterocycles. The van der Waals surface area contributed by atoms with Gasteiger partial charge in [0, 0.05) is 28.5 Å². The van der Waals surface area contributed by atoms with E-state index in [9.17, 15) is 0 Å². The number of methoxy groups -OCH3 is 1. The van der Waals surface area contributed by atoms with Crippen LogP contribution in [0.25, 0.3) is 11.3 Å². The van der Waals surface area contributed by atoms with Crippen molar-refractivity contribution in [2.45, 2.75) is 19.0 Å². The van der Waals surface area contributed by atoms with E-state index in [0.29, 0.717) is 10.1 Å². The third-order valence-corrected chi connectivity index (χ3v) is 6.61. The number of nitrogens with one attached hydrogen (secondary N) is 1. The van der Waals surface area contributed by atoms with Crippen molar-refractivity contribution in [1.82, 2.24) is 10.3 Å². The smallest absolute Gasteiger partial charge is 0.174 e. The summed E-state index contributed by atoms with van der Waals surface area (Å²) in [6.45, 7) is 1.99. The molecule has 33 heavy (non-hydrogen) atoms. The zero-order valence-electron chi connectivity index (χ0n) is 18.2. The molecule has 1 aliphatic rings. The zero-order chi connectivity index (χ0) is 22.9. The van der Waals surface area contributed by atoms with Crippen LogP contribution in [0.15, 0.2) is 83.4 Å². The minimum atomic E-state index is -0.243. The first-order valence-electron chi connectivity index (χ1n) is 10.6. The van der Waals surface area contributed by atoms with Crippen molar-refractivity contribution in [2.24, 2.45) is 0 Å². The van der Waals surface area contributed by atoms with E-state index in [2.05, 4.69) is 15.2 Å². The molecule has 1 aliphatic heterocycles. The first-order chi connectivity index (χ1) is 16.1. The van der Waals surface area contributed by atoms with E-state index < -0.39 is 0 Å². The van der Waals surface area contributed by atoms with Crippen LogP contribution in [0.5, 0.6) is 5.75 Å². The lowest BCUT2D eigenvalue weighted by Crippen LogP contribution is -2.29. The molecule has 7 heteroatoms. The lowest BCUT2D eigenvalue weighted by Gasteiger charge is -2.26. The molecule has 0 spiro atoms. The second-order valence-corrected chi connectivity index (χ2v) is 8.61. The Balaban J connectivity index is 1.62. The van der Waals surface area contributed by atoms with E-state index in [4.69, 9.17) is 33.0 Å². The number of aromatic nitrogens is 1. The first-order valence-corrected chi connectivity index (χ1v) is 11.4. The van der Waals surface area contributed by atoms with Crippen LogP contribution in [0.3, 0.4) is 0 Å². The highest BCUT2D eigenvalue weighted by Gasteiger charge is 2.42. The van der Waals surface area contributed by atoms with Gasteiger partial charge in [-0.3, -0.25) is 4.98 Å². The van der Waals surface area contributed by atoms with Gasteiger partial charge in [0.2, 0.25) is 0 Å². The van der Waals surface area contributed by atoms with Crippen molar-refractivity contribution in [2.75, 3.05) is 12.0 Å². The van der Waals surface area contributed by atoms with E-state index in [1.807, 2.05) is 79.7 Å². The molecule has 1 N–H and O–H groups in total. The van der Waals surface area contributed by atoms with E-state index >= 15 is 0 Å². The second kappa shape index (κ2) is 8.89. The number of thiocarbonyl (C=S) groups is 1. The number of nitrogens with zero attached hydrogens (tertiary/aromatic N) is 2. The number of rotatable bonds is 5. The fourth-order valence-corrected chi connectivity index (χ4v) is 4.73. The molecule has 0 saturated carbocycles. The number of anilines is 1. The summed E-state index contributed by atoms with van der Waals surface area (Å²) in [6, 6.07) is 23.1. The van der Waals surface area contributed by atoms with Gasteiger partial charge < -0.3 is 19.4 Å². The quantitative estimate of drug-likeness (QED) is 0.333. The molecule has 5 nitrogen and oxygen atoms in total. The molecule has 2 aromatic carbocycles. The van der Waals surface area contributed by atoms with Crippen LogP contribution in [-0.2, 0) is 0 Å². The molecule has 1 saturated heterocycles. The molecular formula is C26H22ClN3O2S. The summed E-state index contributed by atoms with van der Waals surface area (Å²) in [5.74, 6) is 2.29. The lowest BCUT2D eigenvalue weighted by molar-refractivity contribution is 0.414. The number of pyridine rings is 1. The van der Waals surface area contributed by atoms with Crippen LogP contribution < -0.4 is 15.0 Å². The van der Waals surface area contributed by atoms with Gasteiger partial charge in [0.05, 0.1) is 18.8 Å². The van der Waals surface area contributed by atoms with Crippen molar-refractivity contribution in [3.63, 3.8) is 0 Å². The molecule has 5 rings (SSSR count). The third kappa shape index (κ3) is 3.96. The average Bonchev–Trinajstić information content (AvgIpc) is 3.46. The zero-order valence-corrected chi connectivity index (χ0v) is 19.7. The van der Waals surface area contributed by atoms with E-state index in [0.717, 1.165) is 39.8 Å². The van der Waals surface area contributed by atoms with Gasteiger partial charge in [0.15, 0.2) is 5.11 Å². The Kier molecular flexibility index (Phi) is 5.79. The summed E-state index contributed by atoms with van der Waals surface area (Å²) in [6.07, 6.45) is 1.79. The molecule has 4 aromatic rings. The molecule has 0 amide bonds. The van der Waals surface area contributed by atoms with Crippen LogP contribution in [0.2, 0.25) is 5.02 Å². The monoisotopic (exact) mass is 475 g/mol. The topological polar surface area (TPSA) is 50.5 Å². The minimum absolute atomic E-state index is 0.190. The lowest BCUT2D eigenvalue weighted by atomic mass is 10.0. The Morgan fingerprint density at radius 2 is 1.91 bits per heavy atom. The highest BCUT2D eigenvalue weighted by atomic mass is 35.5. The second-order valence-electron chi connectivity index (χ2n) is 7.81. The van der Waals surface area contributed by atoms with E-state index in [1.54, 1.807) is 13.3 Å². The van der Waals surface area contributed by atoms with Gasteiger partial charge in [-0.15, -0.1) is 0 Å². The van der Waals surface area contributed by atoms with Gasteiger partial charge in [-0.25, -0.2) is 0 Å². The number of ether oxygens (including phenoxy) is 1. The maximum Gasteiger partial charge on any atom is 0.174 e. The van der Waals surface area contributed by atoms with Crippen LogP contribution in [0.1, 0.15) is 29.1 Å². The largest absolute Gasteiger partial charge is 0.497 e. The van der Waals surface area contributed by atoms with Gasteiger partial charge in [0.1, 0.15) is 23.3 Å². The Morgan fingerprint density at radius 1 is 1.06 bits per heavy atom. The van der Waals surface area contributed by atoms with Crippen molar-refractivity contribution in [1.29, 1.82) is 0 Å². The fourth-order valence-electron chi connectivity index (χ4n) is 4.21. The van der Waals surface area contributed by atoms with Crippen LogP contribution in [0, 0.1) is 6.92 Å². The summed E-state index contributed by atoms with van der Waals surface area (Å²) < 4.78 is 11.9. The normalized spacial score (nSPS) is 17.8. The summed E-state index contributed by atoms with van der Waals surface area (Å²) in [5.41, 5.74) is 3.73. The SMILES string of the molecule is COc1cccc(N2C(=S)N[C@@H](c3ccccn3)[C@@H]2c2ccc(-c3cccc(Cl)c3C)o2)c1. The average molecular weight is 476 g/mol. The Labute approximate surface area is 203 Å². The van der Waals surface area contributed by atoms with Crippen molar-refractivity contribution in [3.8, 4) is 17.1 Å². The standard InChI is InChI=1S/C26H22ClN3O2S/c1-16-19(9-6-10-20(16)27)22-12-13-23(32-22)25-24(21-11-3-4-14-28-21)29-26(33)30(25)17-7-5-8-18(15-17)31-2/h3-15,24-25H,1-2H3,(H,29,33)/t24-,25-/m0/s1. The third-order valence-electron chi connectivity index (χ3n) is 5.88. The van der Waals surface area contributed by atoms with Crippen LogP contribution in [0.4, 0.5) is 5.69 Å². The molecule has 0 radical (unpaired) electrons. The molecule has 166 valence electrons. The molecule has 0 unspecified atom stereocenters. The molecular weight excluding hydrogens is 454 g/mol. The number of benzene rings is 2. The molecule has 0 aliphatic carbocycles. The number of halogens is 1. The van der Waals surface area contributed by atoms with Gasteiger partial charge in [-0.2, -0.15) is 0 Å². The summed E-state index contributed by atoms with van der Waals surface area (Å²) in [5, 5.41) is 4.75. The molecule has 3 heterocycles. The summed E-state index contributed by atoms with van der Waals surface area (Å²) >= 11 is 12.1. The summed E-state index contributed by atoms with van der Waals surface area (Å²) in [7, 11) is 1.65. The number of hydrogen-bond donors (Lipinski definition) is 1. The van der Waals surface area contributed by atoms with E-state index in [-0.39, 0.29) is 12.1 Å². The van der Waals surface area contributed by atoms with Crippen molar-refractivity contribution >= 4 is 34.6 Å². The van der Waals surface area contributed by atoms with Gasteiger partial charge >= 0.3 is 0 Å². The van der Waals surface area contributed by atoms with Gasteiger partial charge in [-0.1, -0.05) is 35.9 Å². The van der Waals surface area contributed by atoms with Gasteiger partial charge in [-0.05, 0) is 67.2 Å². The molecule has 0 bridgehead atoms.